The molecule has 0 rings (SSSR count). The smallest absolute Gasteiger partial charge is 0.323 e. The summed E-state index contributed by atoms with van der Waals surface area (Å²) in [7, 11) is -3.98. The first-order chi connectivity index (χ1) is 3.48. The Balaban J connectivity index is 3.82. The van der Waals surface area contributed by atoms with Crippen molar-refractivity contribution in [3.8, 4) is 0 Å². The van der Waals surface area contributed by atoms with Crippen LogP contribution in [0.15, 0.2) is 0 Å². The minimum atomic E-state index is -3.98. The zero-order valence-electron chi connectivity index (χ0n) is 4.61. The third-order valence-electron chi connectivity index (χ3n) is 0.850. The standard InChI is InChI=1S/C3H10NO3P/c1-2-3(4)8(5,6)7/h3H,2,4H2,1H3,(H2,5,6,7)/t3-/m0/s1. The van der Waals surface area contributed by atoms with E-state index in [4.69, 9.17) is 15.5 Å². The Bertz CT molecular complexity index is 109. The van der Waals surface area contributed by atoms with Gasteiger partial charge in [0.25, 0.3) is 0 Å². The first kappa shape index (κ1) is 8.11. The number of hydrogen-bond donors (Lipinski definition) is 3. The fraction of sp³-hybridized carbons (Fsp3) is 1.00. The molecule has 0 aromatic heterocycles. The van der Waals surface area contributed by atoms with Gasteiger partial charge in [-0.25, -0.2) is 0 Å². The zero-order valence-corrected chi connectivity index (χ0v) is 5.51. The van der Waals surface area contributed by atoms with Gasteiger partial charge >= 0.3 is 7.60 Å². The van der Waals surface area contributed by atoms with E-state index in [2.05, 4.69) is 0 Å². The average molecular weight is 139 g/mol. The van der Waals surface area contributed by atoms with Gasteiger partial charge in [-0.3, -0.25) is 4.57 Å². The van der Waals surface area contributed by atoms with Crippen LogP contribution in [0.5, 0.6) is 0 Å². The van der Waals surface area contributed by atoms with Gasteiger partial charge in [-0.15, -0.1) is 0 Å². The molecule has 8 heavy (non-hydrogen) atoms. The molecule has 5 heteroatoms. The maximum Gasteiger partial charge on any atom is 0.342 e. The number of hydrogen-bond acceptors (Lipinski definition) is 2. The van der Waals surface area contributed by atoms with E-state index in [0.29, 0.717) is 6.42 Å². The van der Waals surface area contributed by atoms with Gasteiger partial charge in [0.2, 0.25) is 0 Å². The molecule has 0 heterocycles. The third kappa shape index (κ3) is 2.43. The lowest BCUT2D eigenvalue weighted by atomic mass is 10.5. The molecule has 0 aromatic carbocycles. The summed E-state index contributed by atoms with van der Waals surface area (Å²) in [6, 6.07) is 0. The van der Waals surface area contributed by atoms with Crippen LogP contribution < -0.4 is 5.73 Å². The molecule has 50 valence electrons. The van der Waals surface area contributed by atoms with E-state index >= 15 is 0 Å². The van der Waals surface area contributed by atoms with Crippen LogP contribution in [0, 0.1) is 0 Å². The van der Waals surface area contributed by atoms with Gasteiger partial charge in [0.15, 0.2) is 0 Å². The van der Waals surface area contributed by atoms with Crippen molar-refractivity contribution in [2.24, 2.45) is 5.73 Å². The molecule has 0 saturated heterocycles. The van der Waals surface area contributed by atoms with Crippen molar-refractivity contribution in [3.63, 3.8) is 0 Å². The summed E-state index contributed by atoms with van der Waals surface area (Å²) in [4.78, 5) is 16.5. The van der Waals surface area contributed by atoms with Crippen LogP contribution in [0.25, 0.3) is 0 Å². The van der Waals surface area contributed by atoms with Crippen LogP contribution in [0.1, 0.15) is 13.3 Å². The van der Waals surface area contributed by atoms with E-state index < -0.39 is 13.4 Å². The second-order valence-corrected chi connectivity index (χ2v) is 3.41. The first-order valence-electron chi connectivity index (χ1n) is 2.29. The molecular weight excluding hydrogens is 129 g/mol. The lowest BCUT2D eigenvalue weighted by molar-refractivity contribution is 0.357. The maximum atomic E-state index is 10.1. The molecule has 0 aromatic rings. The summed E-state index contributed by atoms with van der Waals surface area (Å²) < 4.78 is 10.1. The lowest BCUT2D eigenvalue weighted by Gasteiger charge is -2.08. The van der Waals surface area contributed by atoms with E-state index in [1.165, 1.54) is 0 Å². The van der Waals surface area contributed by atoms with E-state index in [1.807, 2.05) is 0 Å². The largest absolute Gasteiger partial charge is 0.342 e. The van der Waals surface area contributed by atoms with Gasteiger partial charge in [0, 0.05) is 0 Å². The summed E-state index contributed by atoms with van der Waals surface area (Å²) in [5.74, 6) is -0.984. The Labute approximate surface area is 47.9 Å². The predicted molar refractivity (Wildman–Crippen MR) is 30.3 cm³/mol. The second kappa shape index (κ2) is 2.60. The molecule has 0 aliphatic heterocycles. The highest BCUT2D eigenvalue weighted by atomic mass is 31.2. The quantitative estimate of drug-likeness (QED) is 0.465. The van der Waals surface area contributed by atoms with E-state index in [1.54, 1.807) is 6.92 Å². The Morgan fingerprint density at radius 3 is 2.12 bits per heavy atom. The minimum absolute atomic E-state index is 0.310. The molecule has 0 fully saturated rings. The van der Waals surface area contributed by atoms with Crippen LogP contribution in [0.3, 0.4) is 0 Å². The monoisotopic (exact) mass is 139 g/mol. The molecule has 0 bridgehead atoms. The van der Waals surface area contributed by atoms with Crippen LogP contribution in [0.2, 0.25) is 0 Å². The summed E-state index contributed by atoms with van der Waals surface area (Å²) in [6.45, 7) is 1.63. The van der Waals surface area contributed by atoms with Gasteiger partial charge in [-0.2, -0.15) is 0 Å². The Morgan fingerprint density at radius 2 is 2.12 bits per heavy atom. The SMILES string of the molecule is CC[C@@H](N)P(=O)(O)O. The molecule has 0 radical (unpaired) electrons. The van der Waals surface area contributed by atoms with Gasteiger partial charge in [0.05, 0.1) is 0 Å². The van der Waals surface area contributed by atoms with Gasteiger partial charge < -0.3 is 15.5 Å². The summed E-state index contributed by atoms with van der Waals surface area (Å²) >= 11 is 0. The Morgan fingerprint density at radius 1 is 1.75 bits per heavy atom. The third-order valence-corrected chi connectivity index (χ3v) is 2.08. The highest BCUT2D eigenvalue weighted by Crippen LogP contribution is 2.39. The molecule has 4 nitrogen and oxygen atoms in total. The Hall–Kier alpha value is 0.110. The lowest BCUT2D eigenvalue weighted by Crippen LogP contribution is -2.17. The maximum absolute atomic E-state index is 10.1. The second-order valence-electron chi connectivity index (χ2n) is 1.56. The normalized spacial score (nSPS) is 16.0. The fourth-order valence-electron chi connectivity index (χ4n) is 0.238. The summed E-state index contributed by atoms with van der Waals surface area (Å²) in [5.41, 5.74) is 4.99. The van der Waals surface area contributed by atoms with Crippen molar-refractivity contribution in [1.29, 1.82) is 0 Å². The van der Waals surface area contributed by atoms with Crippen LogP contribution in [-0.4, -0.2) is 15.6 Å². The molecule has 4 N–H and O–H groups in total. The van der Waals surface area contributed by atoms with Crippen molar-refractivity contribution < 1.29 is 14.4 Å². The zero-order chi connectivity index (χ0) is 6.78. The molecule has 0 aliphatic carbocycles. The molecule has 0 saturated carbocycles. The van der Waals surface area contributed by atoms with Crippen LogP contribution >= 0.6 is 7.60 Å². The number of rotatable bonds is 2. The van der Waals surface area contributed by atoms with Gasteiger partial charge in [-0.05, 0) is 6.42 Å². The summed E-state index contributed by atoms with van der Waals surface area (Å²) in [5, 5.41) is 0. The molecule has 0 amide bonds. The first-order valence-corrected chi connectivity index (χ1v) is 3.97. The Kier molecular flexibility index (Phi) is 2.63. The van der Waals surface area contributed by atoms with Crippen molar-refractivity contribution in [2.75, 3.05) is 0 Å². The minimum Gasteiger partial charge on any atom is -0.323 e. The van der Waals surface area contributed by atoms with Gasteiger partial charge in [-0.1, -0.05) is 6.92 Å². The van der Waals surface area contributed by atoms with Crippen molar-refractivity contribution in [2.45, 2.75) is 19.1 Å². The summed E-state index contributed by atoms with van der Waals surface area (Å²) in [6.07, 6.45) is 0.310. The average Bonchev–Trinajstić information content (AvgIpc) is 1.62. The molecule has 1 atom stereocenters. The highest BCUT2D eigenvalue weighted by Gasteiger charge is 2.21. The van der Waals surface area contributed by atoms with E-state index in [-0.39, 0.29) is 0 Å². The van der Waals surface area contributed by atoms with E-state index in [9.17, 15) is 4.57 Å². The molecule has 0 spiro atoms. The van der Waals surface area contributed by atoms with Crippen LogP contribution in [0.4, 0.5) is 0 Å². The predicted octanol–water partition coefficient (Wildman–Crippen LogP) is -0.141. The van der Waals surface area contributed by atoms with E-state index in [0.717, 1.165) is 0 Å². The topological polar surface area (TPSA) is 83.6 Å². The van der Waals surface area contributed by atoms with Crippen LogP contribution in [-0.2, 0) is 4.57 Å². The molecular formula is C3H10NO3P. The van der Waals surface area contributed by atoms with Gasteiger partial charge in [0.1, 0.15) is 5.78 Å². The fourth-order valence-corrected chi connectivity index (χ4v) is 0.714. The van der Waals surface area contributed by atoms with Crippen molar-refractivity contribution in [3.05, 3.63) is 0 Å². The van der Waals surface area contributed by atoms with Crippen molar-refractivity contribution in [1.82, 2.24) is 0 Å². The number of nitrogens with two attached hydrogens (primary N) is 1. The van der Waals surface area contributed by atoms with Crippen molar-refractivity contribution >= 4 is 7.60 Å². The highest BCUT2D eigenvalue weighted by molar-refractivity contribution is 7.52. The molecule has 0 aliphatic rings. The molecule has 0 unspecified atom stereocenters.